The van der Waals surface area contributed by atoms with E-state index in [0.29, 0.717) is 17.5 Å². The maximum atomic E-state index is 3.91. The standard InChI is InChI=1S/C19H33N/c1-6-8-14-17(7-2)20-18(15-19(3,4)5)16-12-10-9-11-13-16/h9-13,17-18,20H,6-8,14-15H2,1-5H3. The fourth-order valence-electron chi connectivity index (χ4n) is 2.71. The third-order valence-corrected chi connectivity index (χ3v) is 3.85. The van der Waals surface area contributed by atoms with Crippen molar-refractivity contribution in [3.05, 3.63) is 35.9 Å². The SMILES string of the molecule is CCCCC(CC)NC(CC(C)(C)C)c1ccccc1. The lowest BCUT2D eigenvalue weighted by atomic mass is 9.85. The molecule has 114 valence electrons. The van der Waals surface area contributed by atoms with E-state index in [0.717, 1.165) is 0 Å². The number of rotatable bonds is 8. The summed E-state index contributed by atoms with van der Waals surface area (Å²) in [6.07, 6.45) is 6.30. The molecule has 1 heteroatoms. The molecule has 0 aliphatic heterocycles. The molecule has 0 amide bonds. The van der Waals surface area contributed by atoms with Crippen molar-refractivity contribution in [3.8, 4) is 0 Å². The van der Waals surface area contributed by atoms with Crippen LogP contribution in [0.15, 0.2) is 30.3 Å². The van der Waals surface area contributed by atoms with Crippen LogP contribution in [-0.4, -0.2) is 6.04 Å². The van der Waals surface area contributed by atoms with Gasteiger partial charge in [0.25, 0.3) is 0 Å². The lowest BCUT2D eigenvalue weighted by molar-refractivity contribution is 0.283. The summed E-state index contributed by atoms with van der Waals surface area (Å²) >= 11 is 0. The Labute approximate surface area is 126 Å². The number of nitrogens with one attached hydrogen (secondary N) is 1. The van der Waals surface area contributed by atoms with Crippen LogP contribution < -0.4 is 5.32 Å². The van der Waals surface area contributed by atoms with Crippen molar-refractivity contribution in [2.24, 2.45) is 5.41 Å². The van der Waals surface area contributed by atoms with Crippen molar-refractivity contribution in [2.45, 2.75) is 78.8 Å². The fraction of sp³-hybridized carbons (Fsp3) is 0.684. The Morgan fingerprint density at radius 1 is 1.05 bits per heavy atom. The van der Waals surface area contributed by atoms with Crippen LogP contribution in [0.5, 0.6) is 0 Å². The summed E-state index contributed by atoms with van der Waals surface area (Å²) in [6.45, 7) is 11.6. The molecular formula is C19H33N. The molecule has 0 bridgehead atoms. The van der Waals surface area contributed by atoms with Gasteiger partial charge in [-0.1, -0.05) is 77.8 Å². The summed E-state index contributed by atoms with van der Waals surface area (Å²) in [6, 6.07) is 12.0. The Hall–Kier alpha value is -0.820. The molecule has 0 fully saturated rings. The van der Waals surface area contributed by atoms with E-state index in [1.807, 2.05) is 0 Å². The van der Waals surface area contributed by atoms with Crippen LogP contribution in [0.3, 0.4) is 0 Å². The molecule has 1 rings (SSSR count). The fourth-order valence-corrected chi connectivity index (χ4v) is 2.71. The second-order valence-corrected chi connectivity index (χ2v) is 7.14. The Morgan fingerprint density at radius 2 is 1.70 bits per heavy atom. The lowest BCUT2D eigenvalue weighted by Gasteiger charge is -2.31. The molecule has 1 aromatic rings. The van der Waals surface area contributed by atoms with Gasteiger partial charge in [-0.25, -0.2) is 0 Å². The molecule has 1 nitrogen and oxygen atoms in total. The highest BCUT2D eigenvalue weighted by atomic mass is 14.9. The van der Waals surface area contributed by atoms with Crippen molar-refractivity contribution in [3.63, 3.8) is 0 Å². The van der Waals surface area contributed by atoms with E-state index in [1.165, 1.54) is 37.7 Å². The van der Waals surface area contributed by atoms with Gasteiger partial charge in [0.1, 0.15) is 0 Å². The zero-order valence-electron chi connectivity index (χ0n) is 14.1. The van der Waals surface area contributed by atoms with Crippen LogP contribution in [0.2, 0.25) is 0 Å². The average Bonchev–Trinajstić information content (AvgIpc) is 2.42. The number of unbranched alkanes of at least 4 members (excludes halogenated alkanes) is 1. The molecule has 0 spiro atoms. The topological polar surface area (TPSA) is 12.0 Å². The third kappa shape index (κ3) is 6.56. The van der Waals surface area contributed by atoms with Gasteiger partial charge in [-0.15, -0.1) is 0 Å². The number of hydrogen-bond donors (Lipinski definition) is 1. The highest BCUT2D eigenvalue weighted by molar-refractivity contribution is 5.19. The molecule has 2 unspecified atom stereocenters. The van der Waals surface area contributed by atoms with E-state index in [-0.39, 0.29) is 0 Å². The first-order valence-electron chi connectivity index (χ1n) is 8.27. The molecule has 0 saturated carbocycles. The molecule has 0 saturated heterocycles. The highest BCUT2D eigenvalue weighted by Gasteiger charge is 2.22. The molecule has 0 radical (unpaired) electrons. The molecule has 0 heterocycles. The van der Waals surface area contributed by atoms with Crippen molar-refractivity contribution < 1.29 is 0 Å². The van der Waals surface area contributed by atoms with Crippen LogP contribution in [0.25, 0.3) is 0 Å². The lowest BCUT2D eigenvalue weighted by Crippen LogP contribution is -2.34. The monoisotopic (exact) mass is 275 g/mol. The van der Waals surface area contributed by atoms with Crippen LogP contribution >= 0.6 is 0 Å². The molecule has 0 aliphatic carbocycles. The summed E-state index contributed by atoms with van der Waals surface area (Å²) in [5.74, 6) is 0. The van der Waals surface area contributed by atoms with Gasteiger partial charge in [0.2, 0.25) is 0 Å². The predicted molar refractivity (Wildman–Crippen MR) is 90.0 cm³/mol. The minimum atomic E-state index is 0.344. The molecule has 2 atom stereocenters. The summed E-state index contributed by atoms with van der Waals surface area (Å²) in [5, 5.41) is 3.91. The van der Waals surface area contributed by atoms with Gasteiger partial charge in [0, 0.05) is 12.1 Å². The smallest absolute Gasteiger partial charge is 0.0327 e. The van der Waals surface area contributed by atoms with E-state index in [9.17, 15) is 0 Å². The first-order valence-corrected chi connectivity index (χ1v) is 8.27. The zero-order valence-corrected chi connectivity index (χ0v) is 14.1. The van der Waals surface area contributed by atoms with Crippen LogP contribution in [-0.2, 0) is 0 Å². The van der Waals surface area contributed by atoms with Crippen molar-refractivity contribution in [1.82, 2.24) is 5.32 Å². The zero-order chi connectivity index (χ0) is 15.0. The second kappa shape index (κ2) is 8.46. The van der Waals surface area contributed by atoms with Gasteiger partial charge < -0.3 is 5.32 Å². The summed E-state index contributed by atoms with van der Waals surface area (Å²) in [7, 11) is 0. The van der Waals surface area contributed by atoms with E-state index >= 15 is 0 Å². The van der Waals surface area contributed by atoms with E-state index in [4.69, 9.17) is 0 Å². The molecule has 0 aromatic heterocycles. The predicted octanol–water partition coefficient (Wildman–Crippen LogP) is 5.72. The summed E-state index contributed by atoms with van der Waals surface area (Å²) in [4.78, 5) is 0. The van der Waals surface area contributed by atoms with Crippen LogP contribution in [0.4, 0.5) is 0 Å². The molecule has 20 heavy (non-hydrogen) atoms. The van der Waals surface area contributed by atoms with Crippen molar-refractivity contribution >= 4 is 0 Å². The van der Waals surface area contributed by atoms with Gasteiger partial charge in [-0.2, -0.15) is 0 Å². The van der Waals surface area contributed by atoms with E-state index < -0.39 is 0 Å². The van der Waals surface area contributed by atoms with Crippen LogP contribution in [0, 0.1) is 5.41 Å². The largest absolute Gasteiger partial charge is 0.307 e. The first kappa shape index (κ1) is 17.2. The Bertz CT molecular complexity index is 350. The Balaban J connectivity index is 2.77. The molecule has 1 aromatic carbocycles. The second-order valence-electron chi connectivity index (χ2n) is 7.14. The van der Waals surface area contributed by atoms with Gasteiger partial charge in [-0.3, -0.25) is 0 Å². The van der Waals surface area contributed by atoms with Gasteiger partial charge in [0.15, 0.2) is 0 Å². The molecular weight excluding hydrogens is 242 g/mol. The summed E-state index contributed by atoms with van der Waals surface area (Å²) in [5.41, 5.74) is 1.77. The Morgan fingerprint density at radius 3 is 2.20 bits per heavy atom. The van der Waals surface area contributed by atoms with Gasteiger partial charge >= 0.3 is 0 Å². The highest BCUT2D eigenvalue weighted by Crippen LogP contribution is 2.30. The van der Waals surface area contributed by atoms with Gasteiger partial charge in [-0.05, 0) is 30.2 Å². The maximum Gasteiger partial charge on any atom is 0.0327 e. The average molecular weight is 275 g/mol. The van der Waals surface area contributed by atoms with Gasteiger partial charge in [0.05, 0.1) is 0 Å². The minimum absolute atomic E-state index is 0.344. The summed E-state index contributed by atoms with van der Waals surface area (Å²) < 4.78 is 0. The van der Waals surface area contributed by atoms with Crippen molar-refractivity contribution in [1.29, 1.82) is 0 Å². The van der Waals surface area contributed by atoms with Crippen LogP contribution in [0.1, 0.15) is 78.3 Å². The third-order valence-electron chi connectivity index (χ3n) is 3.85. The Kier molecular flexibility index (Phi) is 7.29. The first-order chi connectivity index (χ1) is 9.46. The minimum Gasteiger partial charge on any atom is -0.307 e. The molecule has 0 aliphatic rings. The van der Waals surface area contributed by atoms with E-state index in [1.54, 1.807) is 0 Å². The quantitative estimate of drug-likeness (QED) is 0.639. The number of hydrogen-bond acceptors (Lipinski definition) is 1. The molecule has 1 N–H and O–H groups in total. The maximum absolute atomic E-state index is 3.91. The number of benzene rings is 1. The van der Waals surface area contributed by atoms with E-state index in [2.05, 4.69) is 70.3 Å². The van der Waals surface area contributed by atoms with Crippen molar-refractivity contribution in [2.75, 3.05) is 0 Å². The normalized spacial score (nSPS) is 15.1.